The van der Waals surface area contributed by atoms with Crippen molar-refractivity contribution in [3.05, 3.63) is 23.9 Å². The average Bonchev–Trinajstić information content (AvgIpc) is 2.71. The zero-order valence-electron chi connectivity index (χ0n) is 17.8. The van der Waals surface area contributed by atoms with Crippen LogP contribution in [-0.4, -0.2) is 75.7 Å². The molecule has 0 aromatic carbocycles. The number of nitrogens with zero attached hydrogens (tertiary/aromatic N) is 4. The number of anilines is 1. The first-order valence-electron chi connectivity index (χ1n) is 10.5. The third-order valence-corrected chi connectivity index (χ3v) is 7.16. The number of rotatable bonds is 5. The smallest absolute Gasteiger partial charge is 0.211 e. The van der Waals surface area contributed by atoms with Crippen LogP contribution in [0, 0.1) is 12.8 Å². The summed E-state index contributed by atoms with van der Waals surface area (Å²) in [6.07, 6.45) is 5.15. The van der Waals surface area contributed by atoms with E-state index in [0.29, 0.717) is 25.0 Å². The summed E-state index contributed by atoms with van der Waals surface area (Å²) >= 11 is 0. The zero-order chi connectivity index (χ0) is 20.9. The molecule has 0 unspecified atom stereocenters. The molecule has 0 saturated carbocycles. The molecule has 9 heteroatoms. The fraction of sp³-hybridized carbons (Fsp3) is 0.700. The Bertz CT molecular complexity index is 797. The molecule has 2 saturated heterocycles. The van der Waals surface area contributed by atoms with Crippen molar-refractivity contribution in [1.82, 2.24) is 19.9 Å². The van der Waals surface area contributed by atoms with Crippen LogP contribution in [0.4, 0.5) is 5.82 Å². The van der Waals surface area contributed by atoms with Crippen molar-refractivity contribution in [3.8, 4) is 0 Å². The Morgan fingerprint density at radius 1 is 1.17 bits per heavy atom. The van der Waals surface area contributed by atoms with Crippen molar-refractivity contribution in [2.75, 3.05) is 50.9 Å². The lowest BCUT2D eigenvalue weighted by molar-refractivity contribution is 0.274. The molecule has 162 valence electrons. The van der Waals surface area contributed by atoms with E-state index >= 15 is 0 Å². The van der Waals surface area contributed by atoms with Crippen molar-refractivity contribution in [3.63, 3.8) is 0 Å². The monoisotopic (exact) mass is 422 g/mol. The van der Waals surface area contributed by atoms with Gasteiger partial charge < -0.3 is 15.5 Å². The number of pyridine rings is 1. The summed E-state index contributed by atoms with van der Waals surface area (Å²) in [4.78, 5) is 11.3. The number of piperidine rings is 2. The van der Waals surface area contributed by atoms with Crippen molar-refractivity contribution in [2.24, 2.45) is 10.9 Å². The lowest BCUT2D eigenvalue weighted by Gasteiger charge is -2.34. The third-order valence-electron chi connectivity index (χ3n) is 5.86. The Hall–Kier alpha value is -1.87. The van der Waals surface area contributed by atoms with E-state index in [1.165, 1.54) is 6.26 Å². The molecule has 0 spiro atoms. The van der Waals surface area contributed by atoms with E-state index in [-0.39, 0.29) is 0 Å². The van der Waals surface area contributed by atoms with Gasteiger partial charge in [-0.2, -0.15) is 0 Å². The minimum Gasteiger partial charge on any atom is -0.356 e. The molecule has 8 nitrogen and oxygen atoms in total. The highest BCUT2D eigenvalue weighted by Gasteiger charge is 2.25. The Morgan fingerprint density at radius 2 is 1.86 bits per heavy atom. The molecule has 1 aromatic heterocycles. The second kappa shape index (κ2) is 9.75. The summed E-state index contributed by atoms with van der Waals surface area (Å²) in [5.41, 5.74) is 1.05. The predicted molar refractivity (Wildman–Crippen MR) is 118 cm³/mol. The normalized spacial score (nSPS) is 20.7. The highest BCUT2D eigenvalue weighted by Crippen LogP contribution is 2.19. The summed E-state index contributed by atoms with van der Waals surface area (Å²) < 4.78 is 24.8. The van der Waals surface area contributed by atoms with Crippen LogP contribution < -0.4 is 15.5 Å². The van der Waals surface area contributed by atoms with Gasteiger partial charge in [-0.15, -0.1) is 0 Å². The van der Waals surface area contributed by atoms with Crippen molar-refractivity contribution >= 4 is 21.8 Å². The van der Waals surface area contributed by atoms with Crippen molar-refractivity contribution < 1.29 is 8.42 Å². The van der Waals surface area contributed by atoms with E-state index < -0.39 is 10.0 Å². The Kier molecular flexibility index (Phi) is 7.34. The molecule has 3 heterocycles. The molecule has 2 aliphatic heterocycles. The first-order valence-corrected chi connectivity index (χ1v) is 12.3. The zero-order valence-corrected chi connectivity index (χ0v) is 18.6. The van der Waals surface area contributed by atoms with Gasteiger partial charge in [0.2, 0.25) is 10.0 Å². The van der Waals surface area contributed by atoms with E-state index in [1.807, 2.05) is 13.0 Å². The quantitative estimate of drug-likeness (QED) is 0.547. The van der Waals surface area contributed by atoms with Gasteiger partial charge in [0.05, 0.1) is 6.26 Å². The van der Waals surface area contributed by atoms with Crippen LogP contribution in [0.5, 0.6) is 0 Å². The fourth-order valence-electron chi connectivity index (χ4n) is 4.03. The number of guanidine groups is 1. The number of hydrogen-bond donors (Lipinski definition) is 2. The van der Waals surface area contributed by atoms with Gasteiger partial charge in [0.15, 0.2) is 5.96 Å². The number of sulfonamides is 1. The second-order valence-electron chi connectivity index (χ2n) is 8.10. The molecular weight excluding hydrogens is 388 g/mol. The number of aromatic nitrogens is 1. The standard InChI is InChI=1S/C20H34N6O2S/c1-16-5-4-6-19(23-16)25-11-9-18(10-12-25)24-20(21-2)22-15-17-7-13-26(14-8-17)29(3,27)28/h4-6,17-18H,7-15H2,1-3H3,(H2,21,22,24). The van der Waals surface area contributed by atoms with E-state index in [0.717, 1.165) is 62.8 Å². The largest absolute Gasteiger partial charge is 0.356 e. The van der Waals surface area contributed by atoms with Crippen LogP contribution >= 0.6 is 0 Å². The van der Waals surface area contributed by atoms with Crippen molar-refractivity contribution in [2.45, 2.75) is 38.6 Å². The summed E-state index contributed by atoms with van der Waals surface area (Å²) in [7, 11) is -1.26. The van der Waals surface area contributed by atoms with Gasteiger partial charge in [0, 0.05) is 51.5 Å². The maximum absolute atomic E-state index is 11.6. The summed E-state index contributed by atoms with van der Waals surface area (Å²) in [6.45, 7) is 6.04. The van der Waals surface area contributed by atoms with E-state index in [2.05, 4.69) is 37.6 Å². The SMILES string of the molecule is CN=C(NCC1CCN(S(C)(=O)=O)CC1)NC1CCN(c2cccc(C)n2)CC1. The van der Waals surface area contributed by atoms with Gasteiger partial charge in [0.25, 0.3) is 0 Å². The molecule has 0 aliphatic carbocycles. The van der Waals surface area contributed by atoms with E-state index in [9.17, 15) is 8.42 Å². The summed E-state index contributed by atoms with van der Waals surface area (Å²) in [6, 6.07) is 6.57. The van der Waals surface area contributed by atoms with Crippen LogP contribution in [-0.2, 0) is 10.0 Å². The molecule has 2 aliphatic rings. The van der Waals surface area contributed by atoms with Gasteiger partial charge in [-0.1, -0.05) is 6.07 Å². The molecule has 0 atom stereocenters. The third kappa shape index (κ3) is 6.30. The second-order valence-corrected chi connectivity index (χ2v) is 10.1. The van der Waals surface area contributed by atoms with Crippen LogP contribution in [0.2, 0.25) is 0 Å². The van der Waals surface area contributed by atoms with Gasteiger partial charge in [-0.3, -0.25) is 4.99 Å². The van der Waals surface area contributed by atoms with Crippen LogP contribution in [0.15, 0.2) is 23.2 Å². The topological polar surface area (TPSA) is 89.9 Å². The average molecular weight is 423 g/mol. The summed E-state index contributed by atoms with van der Waals surface area (Å²) in [5.74, 6) is 2.37. The molecule has 3 rings (SSSR count). The maximum atomic E-state index is 11.6. The van der Waals surface area contributed by atoms with Crippen LogP contribution in [0.25, 0.3) is 0 Å². The summed E-state index contributed by atoms with van der Waals surface area (Å²) in [5, 5.41) is 6.98. The first kappa shape index (κ1) is 21.8. The lowest BCUT2D eigenvalue weighted by Crippen LogP contribution is -2.50. The minimum atomic E-state index is -3.06. The molecule has 2 fully saturated rings. The molecule has 2 N–H and O–H groups in total. The van der Waals surface area contributed by atoms with Gasteiger partial charge in [0.1, 0.15) is 5.82 Å². The maximum Gasteiger partial charge on any atom is 0.211 e. The lowest BCUT2D eigenvalue weighted by atomic mass is 9.98. The van der Waals surface area contributed by atoms with E-state index in [4.69, 9.17) is 0 Å². The van der Waals surface area contributed by atoms with Crippen molar-refractivity contribution in [1.29, 1.82) is 0 Å². The fourth-order valence-corrected chi connectivity index (χ4v) is 4.91. The van der Waals surface area contributed by atoms with Gasteiger partial charge >= 0.3 is 0 Å². The van der Waals surface area contributed by atoms with Gasteiger partial charge in [-0.25, -0.2) is 17.7 Å². The predicted octanol–water partition coefficient (Wildman–Crippen LogP) is 1.20. The van der Waals surface area contributed by atoms with E-state index in [1.54, 1.807) is 11.4 Å². The van der Waals surface area contributed by atoms with Gasteiger partial charge in [-0.05, 0) is 50.7 Å². The van der Waals surface area contributed by atoms with Crippen LogP contribution in [0.1, 0.15) is 31.4 Å². The minimum absolute atomic E-state index is 0.398. The van der Waals surface area contributed by atoms with Crippen LogP contribution in [0.3, 0.4) is 0 Å². The number of aryl methyl sites for hydroxylation is 1. The Balaban J connectivity index is 1.40. The molecule has 0 amide bonds. The molecule has 1 aromatic rings. The first-order chi connectivity index (χ1) is 13.8. The number of hydrogen-bond acceptors (Lipinski definition) is 5. The molecule has 0 bridgehead atoms. The number of nitrogens with one attached hydrogen (secondary N) is 2. The Morgan fingerprint density at radius 3 is 2.45 bits per heavy atom. The highest BCUT2D eigenvalue weighted by atomic mass is 32.2. The molecule has 29 heavy (non-hydrogen) atoms. The Labute approximate surface area is 174 Å². The number of aliphatic imine (C=N–C) groups is 1. The highest BCUT2D eigenvalue weighted by molar-refractivity contribution is 7.88. The molecule has 0 radical (unpaired) electrons. The molecular formula is C20H34N6O2S.